The number of benzene rings is 1. The summed E-state index contributed by atoms with van der Waals surface area (Å²) in [5.74, 6) is -0.164. The molecule has 5 N–H and O–H groups in total. The molecule has 1 amide bonds. The lowest BCUT2D eigenvalue weighted by molar-refractivity contribution is 0.0958. The molecule has 0 fully saturated rings. The molecule has 3 aromatic rings. The number of amides is 1. The minimum atomic E-state index is -0.632. The van der Waals surface area contributed by atoms with Crippen molar-refractivity contribution in [3.05, 3.63) is 63.3 Å². The van der Waals surface area contributed by atoms with Crippen molar-refractivity contribution < 1.29 is 4.79 Å². The van der Waals surface area contributed by atoms with Gasteiger partial charge in [0.1, 0.15) is 11.3 Å². The highest BCUT2D eigenvalue weighted by Crippen LogP contribution is 2.12. The average molecular weight is 327 g/mol. The van der Waals surface area contributed by atoms with Crippen molar-refractivity contribution in [1.82, 2.24) is 24.8 Å². The van der Waals surface area contributed by atoms with E-state index in [1.807, 2.05) is 0 Å². The molecule has 24 heavy (non-hydrogen) atoms. The highest BCUT2D eigenvalue weighted by atomic mass is 16.2. The number of imidazole rings is 1. The van der Waals surface area contributed by atoms with E-state index in [0.717, 1.165) is 5.56 Å². The zero-order chi connectivity index (χ0) is 17.3. The van der Waals surface area contributed by atoms with Crippen LogP contribution < -0.4 is 22.4 Å². The number of aromatic amines is 2. The van der Waals surface area contributed by atoms with Gasteiger partial charge in [0.25, 0.3) is 5.91 Å². The number of nitrogens with one attached hydrogen (secondary N) is 3. The third kappa shape index (κ3) is 2.74. The average Bonchev–Trinajstić information content (AvgIpc) is 2.85. The van der Waals surface area contributed by atoms with Crippen LogP contribution >= 0.6 is 0 Å². The molecule has 9 nitrogen and oxygen atoms in total. The summed E-state index contributed by atoms with van der Waals surface area (Å²) in [6.45, 7) is 4.04. The molecular weight excluding hydrogens is 312 g/mol. The maximum atomic E-state index is 12.1. The second kappa shape index (κ2) is 5.95. The van der Waals surface area contributed by atoms with Gasteiger partial charge >= 0.3 is 11.4 Å². The van der Waals surface area contributed by atoms with Crippen LogP contribution in [0.25, 0.3) is 11.2 Å². The number of hydrogen-bond acceptors (Lipinski definition) is 5. The van der Waals surface area contributed by atoms with Gasteiger partial charge in [-0.25, -0.2) is 9.59 Å². The molecule has 0 radical (unpaired) electrons. The monoisotopic (exact) mass is 327 g/mol. The first-order chi connectivity index (χ1) is 11.5. The van der Waals surface area contributed by atoms with Gasteiger partial charge in [-0.05, 0) is 17.7 Å². The zero-order valence-electron chi connectivity index (χ0n) is 12.6. The van der Waals surface area contributed by atoms with Crippen molar-refractivity contribution in [3.63, 3.8) is 0 Å². The lowest BCUT2D eigenvalue weighted by Gasteiger charge is -2.05. The summed E-state index contributed by atoms with van der Waals surface area (Å²) in [4.78, 5) is 44.0. The predicted molar refractivity (Wildman–Crippen MR) is 88.6 cm³/mol. The molecule has 0 aliphatic rings. The van der Waals surface area contributed by atoms with Gasteiger partial charge in [-0.1, -0.05) is 12.1 Å². The molecule has 0 atom stereocenters. The molecule has 1 aromatic carbocycles. The van der Waals surface area contributed by atoms with Crippen molar-refractivity contribution >= 4 is 22.9 Å². The number of nitrogens with two attached hydrogens (primary N) is 1. The van der Waals surface area contributed by atoms with Crippen molar-refractivity contribution in [1.29, 1.82) is 0 Å². The van der Waals surface area contributed by atoms with Crippen LogP contribution in [0.1, 0.15) is 15.9 Å². The number of fused-ring (bicyclic) bond motifs is 1. The summed E-state index contributed by atoms with van der Waals surface area (Å²) in [5, 5.41) is 2.60. The predicted octanol–water partition coefficient (Wildman–Crippen LogP) is -0.393. The lowest BCUT2D eigenvalue weighted by Crippen LogP contribution is -2.23. The topological polar surface area (TPSA) is 139 Å². The molecule has 0 unspecified atom stereocenters. The van der Waals surface area contributed by atoms with E-state index in [1.165, 1.54) is 4.57 Å². The smallest absolute Gasteiger partial charge is 0.348 e. The maximum absolute atomic E-state index is 12.1. The van der Waals surface area contributed by atoms with Crippen LogP contribution in [0.4, 0.5) is 5.82 Å². The Morgan fingerprint density at radius 1 is 1.25 bits per heavy atom. The first-order valence-electron chi connectivity index (χ1n) is 7.14. The van der Waals surface area contributed by atoms with E-state index in [2.05, 4.69) is 27.2 Å². The van der Waals surface area contributed by atoms with Gasteiger partial charge in [-0.15, -0.1) is 0 Å². The molecule has 0 saturated heterocycles. The van der Waals surface area contributed by atoms with E-state index in [0.29, 0.717) is 12.1 Å². The first kappa shape index (κ1) is 15.4. The van der Waals surface area contributed by atoms with E-state index < -0.39 is 11.4 Å². The Morgan fingerprint density at radius 2 is 1.96 bits per heavy atom. The summed E-state index contributed by atoms with van der Waals surface area (Å²) < 4.78 is 1.31. The van der Waals surface area contributed by atoms with Gasteiger partial charge in [0.05, 0.1) is 13.5 Å². The zero-order valence-corrected chi connectivity index (χ0v) is 12.6. The molecule has 3 rings (SSSR count). The fourth-order valence-corrected chi connectivity index (χ4v) is 2.37. The van der Waals surface area contributed by atoms with Gasteiger partial charge in [0.15, 0.2) is 12.2 Å². The molecular formula is C15H15N6O3+. The van der Waals surface area contributed by atoms with Crippen LogP contribution in [0.15, 0.2) is 33.9 Å². The van der Waals surface area contributed by atoms with Gasteiger partial charge in [0.2, 0.25) is 0 Å². The van der Waals surface area contributed by atoms with E-state index >= 15 is 0 Å². The highest BCUT2D eigenvalue weighted by Gasteiger charge is 2.13. The van der Waals surface area contributed by atoms with Crippen LogP contribution in [-0.4, -0.2) is 32.0 Å². The van der Waals surface area contributed by atoms with E-state index in [4.69, 9.17) is 5.73 Å². The Bertz CT molecular complexity index is 1010. The molecule has 0 aliphatic carbocycles. The van der Waals surface area contributed by atoms with Crippen LogP contribution in [-0.2, 0) is 6.54 Å². The number of rotatable bonds is 4. The largest absolute Gasteiger partial charge is 0.383 e. The molecule has 122 valence electrons. The first-order valence-corrected chi connectivity index (χ1v) is 7.14. The third-order valence-corrected chi connectivity index (χ3v) is 3.52. The summed E-state index contributed by atoms with van der Waals surface area (Å²) in [5.41, 5.74) is 6.35. The number of H-pyrrole nitrogens is 2. The van der Waals surface area contributed by atoms with E-state index in [1.54, 1.807) is 24.3 Å². The number of carbonyl (C=O) groups is 1. The van der Waals surface area contributed by atoms with Crippen LogP contribution in [0.2, 0.25) is 0 Å². The van der Waals surface area contributed by atoms with Gasteiger partial charge in [-0.3, -0.25) is 14.3 Å². The van der Waals surface area contributed by atoms with E-state index in [-0.39, 0.29) is 29.4 Å². The molecule has 0 spiro atoms. The quantitative estimate of drug-likeness (QED) is 0.483. The fourth-order valence-electron chi connectivity index (χ4n) is 2.37. The van der Waals surface area contributed by atoms with Crippen LogP contribution in [0.3, 0.4) is 0 Å². The standard InChI is InChI=1S/C15H14N6O3/c1-2-17-13(22)9-5-3-8(4-6-9)7-21-12-10(18-15(21)24)11(16)19-14(23)20-12/h3-6H,1-2,7H2,(H4-,16,17,18,19,20,22,23,24)/p+1. The molecule has 2 aromatic heterocycles. The molecule has 0 saturated carbocycles. The Morgan fingerprint density at radius 3 is 2.62 bits per heavy atom. The van der Waals surface area contributed by atoms with Gasteiger partial charge < -0.3 is 16.0 Å². The highest BCUT2D eigenvalue weighted by molar-refractivity contribution is 5.94. The van der Waals surface area contributed by atoms with Crippen molar-refractivity contribution in [2.24, 2.45) is 0 Å². The Balaban J connectivity index is 1.96. The SMILES string of the molecule is [CH2+]CNC(=O)c1ccc(Cn2c(=O)[nH]c3c(N)[nH]c(=O)nc32)cc1. The second-order valence-electron chi connectivity index (χ2n) is 5.12. The number of anilines is 1. The van der Waals surface area contributed by atoms with Crippen LogP contribution in [0.5, 0.6) is 0 Å². The van der Waals surface area contributed by atoms with Gasteiger partial charge in [0, 0.05) is 5.56 Å². The maximum Gasteiger partial charge on any atom is 0.348 e. The van der Waals surface area contributed by atoms with Gasteiger partial charge in [-0.2, -0.15) is 4.98 Å². The Kier molecular flexibility index (Phi) is 3.82. The minimum absolute atomic E-state index is 0.0565. The van der Waals surface area contributed by atoms with Crippen molar-refractivity contribution in [2.45, 2.75) is 6.54 Å². The minimum Gasteiger partial charge on any atom is -0.383 e. The number of nitrogen functional groups attached to an aromatic ring is 1. The van der Waals surface area contributed by atoms with Crippen molar-refractivity contribution in [2.75, 3.05) is 12.3 Å². The number of aromatic nitrogens is 4. The van der Waals surface area contributed by atoms with Crippen molar-refractivity contribution in [3.8, 4) is 0 Å². The lowest BCUT2D eigenvalue weighted by atomic mass is 10.1. The summed E-state index contributed by atoms with van der Waals surface area (Å²) in [6.07, 6.45) is 0. The van der Waals surface area contributed by atoms with E-state index in [9.17, 15) is 14.4 Å². The summed E-state index contributed by atoms with van der Waals surface area (Å²) in [6, 6.07) is 6.74. The summed E-state index contributed by atoms with van der Waals surface area (Å²) >= 11 is 0. The number of carbonyl (C=O) groups excluding carboxylic acids is 1. The normalized spacial score (nSPS) is 10.8. The molecule has 0 aliphatic heterocycles. The number of nitrogens with zero attached hydrogens (tertiary/aromatic N) is 2. The molecule has 9 heteroatoms. The molecule has 0 bridgehead atoms. The number of hydrogen-bond donors (Lipinski definition) is 4. The third-order valence-electron chi connectivity index (χ3n) is 3.52. The fraction of sp³-hybridized carbons (Fsp3) is 0.133. The Labute approximate surface area is 135 Å². The van der Waals surface area contributed by atoms with Crippen LogP contribution in [0, 0.1) is 6.92 Å². The molecule has 2 heterocycles. The Hall–Kier alpha value is -3.49. The summed E-state index contributed by atoms with van der Waals surface area (Å²) in [7, 11) is 0. The second-order valence-corrected chi connectivity index (χ2v) is 5.12.